The van der Waals surface area contributed by atoms with Crippen molar-refractivity contribution in [2.45, 2.75) is 19.2 Å². The van der Waals surface area contributed by atoms with Gasteiger partial charge < -0.3 is 0 Å². The van der Waals surface area contributed by atoms with Gasteiger partial charge in [0.25, 0.3) is 0 Å². The highest BCUT2D eigenvalue weighted by molar-refractivity contribution is 6.30. The molecule has 3 rings (SSSR count). The summed E-state index contributed by atoms with van der Waals surface area (Å²) in [5, 5.41) is 0.589. The van der Waals surface area contributed by atoms with E-state index >= 15 is 0 Å². The summed E-state index contributed by atoms with van der Waals surface area (Å²) in [6.45, 7) is 4.03. The lowest BCUT2D eigenvalue weighted by molar-refractivity contribution is 0.936. The molecule has 0 spiro atoms. The molecule has 0 saturated carbocycles. The number of rotatable bonds is 2. The first-order chi connectivity index (χ1) is 9.58. The minimum atomic E-state index is -0.128. The Bertz CT molecular complexity index is 758. The maximum absolute atomic E-state index is 6.39. The summed E-state index contributed by atoms with van der Waals surface area (Å²) in [6.07, 6.45) is 0. The zero-order chi connectivity index (χ0) is 14.3. The second-order valence-corrected chi connectivity index (χ2v) is 5.92. The Kier molecular flexibility index (Phi) is 3.45. The highest BCUT2D eigenvalue weighted by atomic mass is 35.5. The van der Waals surface area contributed by atoms with E-state index in [2.05, 4.69) is 17.4 Å². The topological polar surface area (TPSA) is 17.3 Å². The average molecular weight is 305 g/mol. The van der Waals surface area contributed by atoms with Crippen molar-refractivity contribution in [2.75, 3.05) is 0 Å². The zero-order valence-electron chi connectivity index (χ0n) is 11.3. The van der Waals surface area contributed by atoms with E-state index in [-0.39, 0.29) is 5.38 Å². The van der Waals surface area contributed by atoms with Gasteiger partial charge in [-0.2, -0.15) is 0 Å². The number of hydrogen-bond donors (Lipinski definition) is 0. The Hall–Kier alpha value is -1.51. The van der Waals surface area contributed by atoms with Crippen molar-refractivity contribution in [3.05, 3.63) is 58.9 Å². The van der Waals surface area contributed by atoms with E-state index < -0.39 is 0 Å². The molecule has 1 aromatic carbocycles. The first-order valence-electron chi connectivity index (χ1n) is 6.46. The molecule has 0 fully saturated rings. The van der Waals surface area contributed by atoms with E-state index in [1.165, 1.54) is 0 Å². The molecule has 0 amide bonds. The molecule has 0 N–H and O–H groups in total. The number of imidazole rings is 1. The molecule has 2 aromatic heterocycles. The number of aryl methyl sites for hydroxylation is 1. The lowest BCUT2D eigenvalue weighted by Gasteiger charge is -2.09. The summed E-state index contributed by atoms with van der Waals surface area (Å²) in [7, 11) is 0. The van der Waals surface area contributed by atoms with Gasteiger partial charge in [-0.3, -0.25) is 4.40 Å². The van der Waals surface area contributed by atoms with Crippen LogP contribution in [0.15, 0.2) is 42.5 Å². The van der Waals surface area contributed by atoms with Crippen LogP contribution in [0.1, 0.15) is 23.7 Å². The van der Waals surface area contributed by atoms with Crippen molar-refractivity contribution in [1.82, 2.24) is 9.38 Å². The number of alkyl halides is 1. The standard InChI is InChI=1S/C16H14Cl2N2/c1-10-4-3-5-14-19-15(16(11(2)17)20(10)14)12-6-8-13(18)9-7-12/h3-9,11H,1-2H3. The van der Waals surface area contributed by atoms with Crippen LogP contribution in [0.3, 0.4) is 0 Å². The smallest absolute Gasteiger partial charge is 0.137 e. The van der Waals surface area contributed by atoms with Crippen LogP contribution in [0, 0.1) is 6.92 Å². The summed E-state index contributed by atoms with van der Waals surface area (Å²) < 4.78 is 2.11. The number of benzene rings is 1. The summed E-state index contributed by atoms with van der Waals surface area (Å²) in [6, 6.07) is 13.8. The third-order valence-electron chi connectivity index (χ3n) is 3.37. The molecular formula is C16H14Cl2N2. The zero-order valence-corrected chi connectivity index (χ0v) is 12.8. The third-order valence-corrected chi connectivity index (χ3v) is 3.83. The molecule has 1 unspecified atom stereocenters. The van der Waals surface area contributed by atoms with Crippen molar-refractivity contribution in [3.63, 3.8) is 0 Å². The van der Waals surface area contributed by atoms with Gasteiger partial charge in [-0.15, -0.1) is 11.6 Å². The molecule has 2 heterocycles. The second kappa shape index (κ2) is 5.12. The number of pyridine rings is 1. The van der Waals surface area contributed by atoms with E-state index in [4.69, 9.17) is 28.2 Å². The number of hydrogen-bond acceptors (Lipinski definition) is 1. The van der Waals surface area contributed by atoms with Gasteiger partial charge in [-0.25, -0.2) is 4.98 Å². The van der Waals surface area contributed by atoms with Crippen LogP contribution in [-0.4, -0.2) is 9.38 Å². The largest absolute Gasteiger partial charge is 0.299 e. The van der Waals surface area contributed by atoms with Gasteiger partial charge in [0.05, 0.1) is 16.8 Å². The number of halogens is 2. The van der Waals surface area contributed by atoms with Gasteiger partial charge in [0.15, 0.2) is 0 Å². The van der Waals surface area contributed by atoms with Crippen LogP contribution in [-0.2, 0) is 0 Å². The minimum absolute atomic E-state index is 0.128. The van der Waals surface area contributed by atoms with Crippen molar-refractivity contribution in [1.29, 1.82) is 0 Å². The van der Waals surface area contributed by atoms with Crippen LogP contribution in [0.4, 0.5) is 0 Å². The summed E-state index contributed by atoms with van der Waals surface area (Å²) in [5.41, 5.74) is 5.00. The average Bonchev–Trinajstić information content (AvgIpc) is 2.80. The Morgan fingerprint density at radius 2 is 1.80 bits per heavy atom. The molecule has 0 aliphatic heterocycles. The van der Waals surface area contributed by atoms with Crippen molar-refractivity contribution < 1.29 is 0 Å². The number of fused-ring (bicyclic) bond motifs is 1. The molecule has 1 atom stereocenters. The fourth-order valence-corrected chi connectivity index (χ4v) is 2.79. The fraction of sp³-hybridized carbons (Fsp3) is 0.188. The summed E-state index contributed by atoms with van der Waals surface area (Å²) in [4.78, 5) is 4.73. The second-order valence-electron chi connectivity index (χ2n) is 4.83. The van der Waals surface area contributed by atoms with E-state index in [0.717, 1.165) is 28.3 Å². The maximum Gasteiger partial charge on any atom is 0.137 e. The first kappa shape index (κ1) is 13.5. The molecule has 0 bridgehead atoms. The van der Waals surface area contributed by atoms with Crippen molar-refractivity contribution >= 4 is 28.8 Å². The Labute approximate surface area is 128 Å². The Morgan fingerprint density at radius 1 is 1.10 bits per heavy atom. The summed E-state index contributed by atoms with van der Waals surface area (Å²) >= 11 is 12.3. The molecule has 2 nitrogen and oxygen atoms in total. The molecule has 0 aliphatic rings. The van der Waals surface area contributed by atoms with E-state index in [1.807, 2.05) is 43.3 Å². The molecule has 0 saturated heterocycles. The van der Waals surface area contributed by atoms with Crippen LogP contribution < -0.4 is 0 Å². The molecule has 20 heavy (non-hydrogen) atoms. The van der Waals surface area contributed by atoms with Crippen LogP contribution >= 0.6 is 23.2 Å². The fourth-order valence-electron chi connectivity index (χ4n) is 2.47. The molecule has 3 aromatic rings. The highest BCUT2D eigenvalue weighted by Gasteiger charge is 2.18. The molecule has 102 valence electrons. The lowest BCUT2D eigenvalue weighted by Crippen LogP contribution is -1.98. The maximum atomic E-state index is 6.39. The number of nitrogens with zero attached hydrogens (tertiary/aromatic N) is 2. The quantitative estimate of drug-likeness (QED) is 0.590. The van der Waals surface area contributed by atoms with Gasteiger partial charge in [0, 0.05) is 16.3 Å². The van der Waals surface area contributed by atoms with E-state index in [9.17, 15) is 0 Å². The van der Waals surface area contributed by atoms with Crippen LogP contribution in [0.25, 0.3) is 16.9 Å². The van der Waals surface area contributed by atoms with Gasteiger partial charge in [0.1, 0.15) is 5.65 Å². The van der Waals surface area contributed by atoms with Gasteiger partial charge in [0.2, 0.25) is 0 Å². The SMILES string of the molecule is Cc1cccc2nc(-c3ccc(Cl)cc3)c(C(C)Cl)n12. The molecule has 0 radical (unpaired) electrons. The molecule has 4 heteroatoms. The third kappa shape index (κ3) is 2.19. The van der Waals surface area contributed by atoms with Gasteiger partial charge in [-0.1, -0.05) is 29.8 Å². The number of aromatic nitrogens is 2. The van der Waals surface area contributed by atoms with Gasteiger partial charge >= 0.3 is 0 Å². The van der Waals surface area contributed by atoms with Gasteiger partial charge in [-0.05, 0) is 38.1 Å². The Morgan fingerprint density at radius 3 is 2.45 bits per heavy atom. The monoisotopic (exact) mass is 304 g/mol. The Balaban J connectivity index is 2.32. The predicted molar refractivity (Wildman–Crippen MR) is 84.6 cm³/mol. The van der Waals surface area contributed by atoms with E-state index in [0.29, 0.717) is 5.02 Å². The van der Waals surface area contributed by atoms with Crippen LogP contribution in [0.2, 0.25) is 5.02 Å². The first-order valence-corrected chi connectivity index (χ1v) is 7.27. The normalized spacial score (nSPS) is 12.8. The summed E-state index contributed by atoms with van der Waals surface area (Å²) in [5.74, 6) is 0. The molecule has 0 aliphatic carbocycles. The minimum Gasteiger partial charge on any atom is -0.299 e. The van der Waals surface area contributed by atoms with Crippen molar-refractivity contribution in [2.24, 2.45) is 0 Å². The van der Waals surface area contributed by atoms with Crippen LogP contribution in [0.5, 0.6) is 0 Å². The molecular weight excluding hydrogens is 291 g/mol. The van der Waals surface area contributed by atoms with E-state index in [1.54, 1.807) is 0 Å². The van der Waals surface area contributed by atoms with Crippen molar-refractivity contribution in [3.8, 4) is 11.3 Å². The lowest BCUT2D eigenvalue weighted by atomic mass is 10.1. The highest BCUT2D eigenvalue weighted by Crippen LogP contribution is 2.33. The predicted octanol–water partition coefficient (Wildman–Crippen LogP) is 5.26.